The van der Waals surface area contributed by atoms with Crippen LogP contribution < -0.4 is 26.0 Å². The normalized spacial score (nSPS) is 27.6. The quantitative estimate of drug-likeness (QED) is 0.146. The van der Waals surface area contributed by atoms with Crippen LogP contribution in [-0.2, 0) is 35.8 Å². The number of ether oxygens (including phenoxy) is 2. The number of amides is 4. The highest BCUT2D eigenvalue weighted by Crippen LogP contribution is 2.65. The van der Waals surface area contributed by atoms with E-state index in [9.17, 15) is 29.4 Å². The van der Waals surface area contributed by atoms with Gasteiger partial charge in [0.1, 0.15) is 19.3 Å². The second-order valence-electron chi connectivity index (χ2n) is 12.8. The van der Waals surface area contributed by atoms with Gasteiger partial charge in [-0.15, -0.1) is 0 Å². The molecule has 2 fully saturated rings. The molecule has 1 saturated carbocycles. The summed E-state index contributed by atoms with van der Waals surface area (Å²) < 4.78 is 11.8. The fourth-order valence-electron chi connectivity index (χ4n) is 7.94. The minimum Gasteiger partial charge on any atom is -0.504 e. The number of aromatic hydroxyl groups is 1. The molecule has 13 heteroatoms. The molecule has 1 aromatic carbocycles. The van der Waals surface area contributed by atoms with E-state index < -0.39 is 17.1 Å². The number of likely N-dealkylation sites (tertiary alicyclic amines) is 1. The van der Waals surface area contributed by atoms with Crippen LogP contribution in [0.15, 0.2) is 12.1 Å². The summed E-state index contributed by atoms with van der Waals surface area (Å²) in [7, 11) is 3.61. The highest BCUT2D eigenvalue weighted by Gasteiger charge is 2.72. The van der Waals surface area contributed by atoms with E-state index in [1.165, 1.54) is 0 Å². The minimum atomic E-state index is -1.03. The van der Waals surface area contributed by atoms with Gasteiger partial charge >= 0.3 is 0 Å². The first-order valence-corrected chi connectivity index (χ1v) is 16.2. The van der Waals surface area contributed by atoms with Crippen molar-refractivity contribution < 1.29 is 38.9 Å². The van der Waals surface area contributed by atoms with Crippen molar-refractivity contribution in [3.05, 3.63) is 23.3 Å². The number of hydrogen-bond donors (Lipinski definition) is 6. The summed E-state index contributed by atoms with van der Waals surface area (Å²) in [5.74, 6) is -0.355. The summed E-state index contributed by atoms with van der Waals surface area (Å²) in [5.41, 5.74) is 0.216. The third kappa shape index (κ3) is 6.48. The second kappa shape index (κ2) is 13.9. The summed E-state index contributed by atoms with van der Waals surface area (Å²) in [6.07, 6.45) is 5.34. The van der Waals surface area contributed by atoms with Crippen LogP contribution in [0.1, 0.15) is 68.9 Å². The molecular weight excluding hydrogens is 582 g/mol. The Balaban J connectivity index is 1.01. The topological polar surface area (TPSA) is 179 Å². The zero-order valence-electron chi connectivity index (χ0n) is 26.3. The number of rotatable bonds is 15. The molecule has 1 spiro atoms. The number of unbranched alkanes of at least 4 members (excludes halogenated alkanes) is 2. The summed E-state index contributed by atoms with van der Waals surface area (Å²) in [6.45, 7) is 1.25. The van der Waals surface area contributed by atoms with Crippen LogP contribution in [0.25, 0.3) is 0 Å². The van der Waals surface area contributed by atoms with E-state index >= 15 is 0 Å². The van der Waals surface area contributed by atoms with Crippen LogP contribution in [0, 0.1) is 0 Å². The molecule has 248 valence electrons. The number of aliphatic hydroxyl groups is 1. The Morgan fingerprint density at radius 2 is 1.69 bits per heavy atom. The summed E-state index contributed by atoms with van der Waals surface area (Å²) >= 11 is 0. The molecule has 5 rings (SSSR count). The van der Waals surface area contributed by atoms with Crippen molar-refractivity contribution in [1.82, 2.24) is 26.2 Å². The van der Waals surface area contributed by atoms with Gasteiger partial charge in [0.15, 0.2) is 11.5 Å². The van der Waals surface area contributed by atoms with Gasteiger partial charge in [-0.1, -0.05) is 6.07 Å². The summed E-state index contributed by atoms with van der Waals surface area (Å²) in [6, 6.07) is 3.12. The number of piperidine rings is 1. The standard InChI is InChI=1S/C32H47N5O8/c1-33-24(39)7-6-8-25(40)34-14-4-3-5-15-35-26(41)18-44-19-27(42)36-21-11-12-32(43)23-17-20-9-10-22(38)29-28(20)31(32,30(21)45-29)13-16-37(23)2/h9-10,21,23,30,38,43H,3-8,11-19H2,1-2H3,(H,33,39)(H,34,40)(H,35,41)(H,36,42)/t21-,23?,30-,31-,32+/m0/s1. The van der Waals surface area contributed by atoms with Crippen molar-refractivity contribution >= 4 is 23.6 Å². The van der Waals surface area contributed by atoms with Gasteiger partial charge in [-0.3, -0.25) is 19.2 Å². The van der Waals surface area contributed by atoms with E-state index in [1.54, 1.807) is 13.1 Å². The van der Waals surface area contributed by atoms with Crippen molar-refractivity contribution in [3.63, 3.8) is 0 Å². The number of hydrogen-bond acceptors (Lipinski definition) is 9. The lowest BCUT2D eigenvalue weighted by Gasteiger charge is -2.63. The Morgan fingerprint density at radius 1 is 0.978 bits per heavy atom. The molecule has 1 saturated heterocycles. The number of nitrogens with zero attached hydrogens (tertiary/aromatic N) is 1. The maximum absolute atomic E-state index is 12.9. The molecular formula is C32H47N5O8. The molecule has 2 heterocycles. The van der Waals surface area contributed by atoms with Crippen LogP contribution in [0.2, 0.25) is 0 Å². The van der Waals surface area contributed by atoms with E-state index in [4.69, 9.17) is 9.47 Å². The van der Waals surface area contributed by atoms with Crippen LogP contribution >= 0.6 is 0 Å². The highest BCUT2D eigenvalue weighted by molar-refractivity contribution is 5.80. The summed E-state index contributed by atoms with van der Waals surface area (Å²) in [5, 5.41) is 34.1. The van der Waals surface area contributed by atoms with Gasteiger partial charge in [-0.25, -0.2) is 0 Å². The number of phenolic OH excluding ortho intramolecular Hbond substituents is 1. The van der Waals surface area contributed by atoms with Crippen LogP contribution in [-0.4, -0.2) is 109 Å². The lowest BCUT2D eigenvalue weighted by atomic mass is 9.48. The van der Waals surface area contributed by atoms with Crippen molar-refractivity contribution in [2.75, 3.05) is 46.9 Å². The predicted octanol–water partition coefficient (Wildman–Crippen LogP) is -0.00350. The Morgan fingerprint density at radius 3 is 2.44 bits per heavy atom. The van der Waals surface area contributed by atoms with E-state index in [0.29, 0.717) is 63.8 Å². The molecule has 1 aromatic rings. The first kappa shape index (κ1) is 33.0. The van der Waals surface area contributed by atoms with Gasteiger partial charge in [0.05, 0.1) is 17.1 Å². The Labute approximate surface area is 263 Å². The Hall–Kier alpha value is -3.42. The van der Waals surface area contributed by atoms with Gasteiger partial charge in [-0.2, -0.15) is 0 Å². The highest BCUT2D eigenvalue weighted by atomic mass is 16.5. The predicted molar refractivity (Wildman–Crippen MR) is 164 cm³/mol. The molecule has 6 N–H and O–H groups in total. The zero-order chi connectivity index (χ0) is 32.2. The maximum atomic E-state index is 12.9. The Bertz CT molecular complexity index is 1290. The lowest BCUT2D eigenvalue weighted by Crippen LogP contribution is -2.77. The van der Waals surface area contributed by atoms with Crippen LogP contribution in [0.3, 0.4) is 0 Å². The van der Waals surface area contributed by atoms with E-state index in [2.05, 4.69) is 26.2 Å². The van der Waals surface area contributed by atoms with Gasteiger partial charge in [0.25, 0.3) is 0 Å². The number of benzene rings is 1. The van der Waals surface area contributed by atoms with Crippen molar-refractivity contribution in [3.8, 4) is 11.5 Å². The molecule has 0 aromatic heterocycles. The molecule has 2 aliphatic heterocycles. The van der Waals surface area contributed by atoms with Gasteiger partial charge in [0, 0.05) is 44.6 Å². The van der Waals surface area contributed by atoms with Crippen LogP contribution in [0.4, 0.5) is 0 Å². The fourth-order valence-corrected chi connectivity index (χ4v) is 7.94. The van der Waals surface area contributed by atoms with Crippen LogP contribution in [0.5, 0.6) is 11.5 Å². The molecule has 2 aliphatic carbocycles. The number of phenols is 1. The molecule has 0 radical (unpaired) electrons. The zero-order valence-corrected chi connectivity index (χ0v) is 26.3. The molecule has 13 nitrogen and oxygen atoms in total. The Kier molecular flexibility index (Phi) is 10.2. The first-order chi connectivity index (χ1) is 21.6. The van der Waals surface area contributed by atoms with Gasteiger partial charge in [0.2, 0.25) is 23.6 Å². The number of carbonyl (C=O) groups is 4. The third-order valence-corrected chi connectivity index (χ3v) is 10.1. The second-order valence-corrected chi connectivity index (χ2v) is 12.8. The van der Waals surface area contributed by atoms with E-state index in [0.717, 1.165) is 36.9 Å². The smallest absolute Gasteiger partial charge is 0.246 e. The number of nitrogens with one attached hydrogen (secondary N) is 4. The fraction of sp³-hybridized carbons (Fsp3) is 0.688. The average molecular weight is 630 g/mol. The first-order valence-electron chi connectivity index (χ1n) is 16.2. The largest absolute Gasteiger partial charge is 0.504 e. The molecule has 2 bridgehead atoms. The molecule has 5 atom stereocenters. The lowest BCUT2D eigenvalue weighted by molar-refractivity contribution is -0.187. The maximum Gasteiger partial charge on any atom is 0.246 e. The van der Waals surface area contributed by atoms with Gasteiger partial charge < -0.3 is 45.9 Å². The van der Waals surface area contributed by atoms with E-state index in [-0.39, 0.29) is 54.7 Å². The minimum absolute atomic E-state index is 0.0504. The third-order valence-electron chi connectivity index (χ3n) is 10.1. The SMILES string of the molecule is CNC(=O)CCCC(=O)NCCCCCNC(=O)COCC(=O)N[C@H]1CC[C@@]2(O)C3Cc4ccc(O)c5c4[C@@]2(CCN3C)[C@H]1O5. The number of likely N-dealkylation sites (N-methyl/N-ethyl adjacent to an activating group) is 1. The average Bonchev–Trinajstić information content (AvgIpc) is 3.37. The molecule has 1 unspecified atom stereocenters. The van der Waals surface area contributed by atoms with Gasteiger partial charge in [-0.05, 0) is 76.6 Å². The van der Waals surface area contributed by atoms with Crippen molar-refractivity contribution in [2.24, 2.45) is 0 Å². The summed E-state index contributed by atoms with van der Waals surface area (Å²) in [4.78, 5) is 50.3. The number of carbonyl (C=O) groups excluding carboxylic acids is 4. The molecule has 4 aliphatic rings. The van der Waals surface area contributed by atoms with E-state index in [1.807, 2.05) is 13.1 Å². The molecule has 45 heavy (non-hydrogen) atoms. The monoisotopic (exact) mass is 629 g/mol. The van der Waals surface area contributed by atoms with Crippen molar-refractivity contribution in [2.45, 2.75) is 93.4 Å². The molecule has 4 amide bonds. The van der Waals surface area contributed by atoms with Crippen molar-refractivity contribution in [1.29, 1.82) is 0 Å².